The predicted molar refractivity (Wildman–Crippen MR) is 18.4 cm³/mol. The third kappa shape index (κ3) is 8.86. The Labute approximate surface area is 50.7 Å². The molecule has 0 heterocycles. The van der Waals surface area contributed by atoms with Crippen LogP contribution in [0, 0.1) is 0 Å². The number of halogens is 1. The summed E-state index contributed by atoms with van der Waals surface area (Å²) in [7, 11) is 0. The average molecular weight is 153 g/mol. The molecule has 0 aromatic heterocycles. The third-order valence-corrected chi connectivity index (χ3v) is 0.343. The number of hydrogen-bond acceptors (Lipinski definition) is 1. The molecule has 39 valence electrons. The molecular formula is C2H3ClCoO2. The Morgan fingerprint density at radius 1 is 1.83 bits per heavy atom. The first-order valence-electron chi connectivity index (χ1n) is 1.05. The van der Waals surface area contributed by atoms with Crippen molar-refractivity contribution in [2.24, 2.45) is 0 Å². The minimum atomic E-state index is -0.980. The second kappa shape index (κ2) is 5.27. The van der Waals surface area contributed by atoms with Crippen LogP contribution >= 0.6 is 11.6 Å². The summed E-state index contributed by atoms with van der Waals surface area (Å²) in [5.74, 6) is -1.29. The predicted octanol–water partition coefficient (Wildman–Crippen LogP) is 0.307. The molecule has 0 aliphatic carbocycles. The van der Waals surface area contributed by atoms with E-state index in [4.69, 9.17) is 16.7 Å². The minimum Gasteiger partial charge on any atom is -0.480 e. The molecule has 2 nitrogen and oxygen atoms in total. The summed E-state index contributed by atoms with van der Waals surface area (Å²) in [6.45, 7) is 0. The number of carbonyl (C=O) groups is 1. The molecular weight excluding hydrogens is 150 g/mol. The van der Waals surface area contributed by atoms with E-state index in [0.29, 0.717) is 0 Å². The van der Waals surface area contributed by atoms with E-state index in [1.807, 2.05) is 0 Å². The molecule has 0 aliphatic heterocycles. The van der Waals surface area contributed by atoms with Gasteiger partial charge in [0.25, 0.3) is 0 Å². The van der Waals surface area contributed by atoms with Crippen molar-refractivity contribution in [3.8, 4) is 0 Å². The van der Waals surface area contributed by atoms with Crippen molar-refractivity contribution >= 4 is 17.6 Å². The van der Waals surface area contributed by atoms with E-state index in [1.54, 1.807) is 0 Å². The van der Waals surface area contributed by atoms with Crippen LogP contribution in [0.15, 0.2) is 0 Å². The smallest absolute Gasteiger partial charge is 0.318 e. The number of aliphatic carboxylic acids is 1. The van der Waals surface area contributed by atoms with Crippen LogP contribution in [0.4, 0.5) is 0 Å². The number of rotatable bonds is 1. The first kappa shape index (κ1) is 9.55. The molecule has 0 unspecified atom stereocenters. The van der Waals surface area contributed by atoms with E-state index in [1.165, 1.54) is 0 Å². The molecule has 0 saturated heterocycles. The summed E-state index contributed by atoms with van der Waals surface area (Å²) in [5, 5.41) is 7.59. The standard InChI is InChI=1S/C2H3ClO2.Co/c3-1-2(4)5;/h1H2,(H,4,5);. The van der Waals surface area contributed by atoms with Crippen molar-refractivity contribution < 1.29 is 26.7 Å². The molecule has 6 heavy (non-hydrogen) atoms. The molecule has 0 spiro atoms. The molecule has 0 amide bonds. The van der Waals surface area contributed by atoms with E-state index in [0.717, 1.165) is 0 Å². The zero-order chi connectivity index (χ0) is 4.28. The van der Waals surface area contributed by atoms with Crippen molar-refractivity contribution in [3.63, 3.8) is 0 Å². The zero-order valence-electron chi connectivity index (χ0n) is 2.77. The van der Waals surface area contributed by atoms with Crippen molar-refractivity contribution in [2.75, 3.05) is 5.88 Å². The van der Waals surface area contributed by atoms with Gasteiger partial charge in [-0.2, -0.15) is 0 Å². The molecule has 0 rings (SSSR count). The van der Waals surface area contributed by atoms with E-state index in [-0.39, 0.29) is 22.7 Å². The van der Waals surface area contributed by atoms with Crippen LogP contribution in [0.3, 0.4) is 0 Å². The third-order valence-electron chi connectivity index (χ3n) is 0.114. The van der Waals surface area contributed by atoms with Crippen LogP contribution < -0.4 is 0 Å². The largest absolute Gasteiger partial charge is 0.480 e. The van der Waals surface area contributed by atoms with Crippen LogP contribution in [0.25, 0.3) is 0 Å². The van der Waals surface area contributed by atoms with Crippen molar-refractivity contribution in [2.45, 2.75) is 0 Å². The maximum absolute atomic E-state index is 9.24. The quantitative estimate of drug-likeness (QED) is 0.551. The fourth-order valence-electron chi connectivity index (χ4n) is 0. The van der Waals surface area contributed by atoms with E-state index >= 15 is 0 Å². The maximum Gasteiger partial charge on any atom is 0.318 e. The van der Waals surface area contributed by atoms with Gasteiger partial charge in [-0.05, 0) is 0 Å². The molecule has 0 aromatic rings. The number of hydrogen-bond donors (Lipinski definition) is 1. The van der Waals surface area contributed by atoms with Gasteiger partial charge in [0.1, 0.15) is 5.88 Å². The molecule has 0 bridgehead atoms. The number of alkyl halides is 1. The summed E-state index contributed by atoms with van der Waals surface area (Å²) >= 11 is 4.74. The Morgan fingerprint density at radius 2 is 2.00 bits per heavy atom. The first-order chi connectivity index (χ1) is 2.27. The Balaban J connectivity index is 0. The number of carboxylic acid groups (broad SMARTS) is 1. The summed E-state index contributed by atoms with van der Waals surface area (Å²) in [4.78, 5) is 9.24. The van der Waals surface area contributed by atoms with Crippen molar-refractivity contribution in [1.29, 1.82) is 0 Å². The van der Waals surface area contributed by atoms with Gasteiger partial charge in [-0.3, -0.25) is 4.79 Å². The maximum atomic E-state index is 9.24. The minimum absolute atomic E-state index is 0. The van der Waals surface area contributed by atoms with E-state index < -0.39 is 5.97 Å². The zero-order valence-corrected chi connectivity index (χ0v) is 4.57. The van der Waals surface area contributed by atoms with Crippen molar-refractivity contribution in [1.82, 2.24) is 0 Å². The molecule has 0 atom stereocenters. The molecule has 1 N–H and O–H groups in total. The Morgan fingerprint density at radius 3 is 2.00 bits per heavy atom. The van der Waals surface area contributed by atoms with Crippen LogP contribution in [0.5, 0.6) is 0 Å². The summed E-state index contributed by atoms with van der Waals surface area (Å²) in [6, 6.07) is 0. The monoisotopic (exact) mass is 153 g/mol. The van der Waals surface area contributed by atoms with E-state index in [9.17, 15) is 4.79 Å². The van der Waals surface area contributed by atoms with E-state index in [2.05, 4.69) is 0 Å². The summed E-state index contributed by atoms with van der Waals surface area (Å²) < 4.78 is 0. The molecule has 1 radical (unpaired) electrons. The fraction of sp³-hybridized carbons (Fsp3) is 0.500. The molecule has 0 fully saturated rings. The van der Waals surface area contributed by atoms with Gasteiger partial charge < -0.3 is 5.11 Å². The van der Waals surface area contributed by atoms with Crippen LogP contribution in [0.1, 0.15) is 0 Å². The van der Waals surface area contributed by atoms with Gasteiger partial charge in [-0.1, -0.05) is 0 Å². The van der Waals surface area contributed by atoms with Crippen LogP contribution in [-0.2, 0) is 21.6 Å². The second-order valence-electron chi connectivity index (χ2n) is 0.527. The first-order valence-corrected chi connectivity index (χ1v) is 1.58. The molecule has 0 aromatic carbocycles. The van der Waals surface area contributed by atoms with Gasteiger partial charge in [0.2, 0.25) is 0 Å². The topological polar surface area (TPSA) is 37.3 Å². The fourth-order valence-corrected chi connectivity index (χ4v) is 0. The van der Waals surface area contributed by atoms with Crippen LogP contribution in [-0.4, -0.2) is 17.0 Å². The van der Waals surface area contributed by atoms with Gasteiger partial charge >= 0.3 is 5.97 Å². The van der Waals surface area contributed by atoms with Gasteiger partial charge in [0.15, 0.2) is 0 Å². The molecule has 4 heteroatoms. The Hall–Kier alpha value is 0.266. The second-order valence-corrected chi connectivity index (χ2v) is 0.795. The summed E-state index contributed by atoms with van der Waals surface area (Å²) in [5.41, 5.74) is 0. The normalized spacial score (nSPS) is 6.17. The van der Waals surface area contributed by atoms with Crippen LogP contribution in [0.2, 0.25) is 0 Å². The molecule has 0 saturated carbocycles. The SMILES string of the molecule is O=C(O)CCl.[Co]. The van der Waals surface area contributed by atoms with Crippen molar-refractivity contribution in [3.05, 3.63) is 0 Å². The molecule has 0 aliphatic rings. The summed E-state index contributed by atoms with van der Waals surface area (Å²) in [6.07, 6.45) is 0. The van der Waals surface area contributed by atoms with Gasteiger partial charge in [0, 0.05) is 16.8 Å². The Bertz CT molecular complexity index is 46.8. The van der Waals surface area contributed by atoms with Gasteiger partial charge in [-0.25, -0.2) is 0 Å². The van der Waals surface area contributed by atoms with Gasteiger partial charge in [0.05, 0.1) is 0 Å². The van der Waals surface area contributed by atoms with Gasteiger partial charge in [-0.15, -0.1) is 11.6 Å². The average Bonchev–Trinajstić information content (AvgIpc) is 1.38. The number of carboxylic acids is 1. The Kier molecular flexibility index (Phi) is 8.38.